The third kappa shape index (κ3) is 7.65. The Bertz CT molecular complexity index is 741. The van der Waals surface area contributed by atoms with Gasteiger partial charge in [0.1, 0.15) is 11.5 Å². The maximum atomic E-state index is 6.05. The van der Waals surface area contributed by atoms with Gasteiger partial charge in [-0.15, -0.1) is 24.0 Å². The molecule has 6 nitrogen and oxygen atoms in total. The number of rotatable bonds is 6. The minimum atomic E-state index is 0. The molecule has 0 saturated carbocycles. The lowest BCUT2D eigenvalue weighted by atomic mass is 10.3. The van der Waals surface area contributed by atoms with Crippen molar-refractivity contribution < 1.29 is 4.74 Å². The number of hydrogen-bond acceptors (Lipinski definition) is 4. The summed E-state index contributed by atoms with van der Waals surface area (Å²) in [7, 11) is 2.18. The van der Waals surface area contributed by atoms with Crippen molar-refractivity contribution in [2.24, 2.45) is 10.7 Å². The zero-order valence-electron chi connectivity index (χ0n) is 16.4. The molecule has 152 valence electrons. The van der Waals surface area contributed by atoms with Crippen LogP contribution < -0.4 is 15.8 Å². The first-order valence-electron chi connectivity index (χ1n) is 9.50. The highest BCUT2D eigenvalue weighted by molar-refractivity contribution is 14.0. The highest BCUT2D eigenvalue weighted by Gasteiger charge is 2.11. The number of ether oxygens (including phenoxy) is 1. The van der Waals surface area contributed by atoms with E-state index in [1.807, 2.05) is 54.6 Å². The van der Waals surface area contributed by atoms with E-state index >= 15 is 0 Å². The highest BCUT2D eigenvalue weighted by atomic mass is 127. The second kappa shape index (κ2) is 11.9. The van der Waals surface area contributed by atoms with Gasteiger partial charge in [-0.1, -0.05) is 24.3 Å². The second-order valence-corrected chi connectivity index (χ2v) is 6.83. The first kappa shape index (κ1) is 22.4. The summed E-state index contributed by atoms with van der Waals surface area (Å²) >= 11 is 0. The normalized spacial score (nSPS) is 16.1. The maximum absolute atomic E-state index is 6.05. The van der Waals surface area contributed by atoms with Crippen LogP contribution in [0.2, 0.25) is 0 Å². The molecule has 0 aromatic heterocycles. The third-order valence-corrected chi connectivity index (χ3v) is 4.60. The van der Waals surface area contributed by atoms with Gasteiger partial charge in [-0.2, -0.15) is 0 Å². The molecule has 1 fully saturated rings. The molecule has 0 spiro atoms. The number of nitrogens with two attached hydrogens (primary N) is 1. The van der Waals surface area contributed by atoms with Crippen molar-refractivity contribution in [2.75, 3.05) is 51.6 Å². The van der Waals surface area contributed by atoms with Crippen LogP contribution in [0, 0.1) is 0 Å². The summed E-state index contributed by atoms with van der Waals surface area (Å²) < 4.78 is 5.85. The Kier molecular flexibility index (Phi) is 9.52. The van der Waals surface area contributed by atoms with Crippen molar-refractivity contribution in [3.8, 4) is 11.5 Å². The standard InChI is InChI=1S/C21H29N5O.HI/c1-25-12-6-13-26(16-15-25)14-11-23-21(22)24-18-7-5-10-20(17-18)27-19-8-3-2-4-9-19;/h2-5,7-10,17H,6,11-16H2,1H3,(H3,22,23,24);1H. The fourth-order valence-electron chi connectivity index (χ4n) is 3.08. The highest BCUT2D eigenvalue weighted by Crippen LogP contribution is 2.23. The number of aliphatic imine (C=N–C) groups is 1. The molecule has 2 aromatic rings. The lowest BCUT2D eigenvalue weighted by molar-refractivity contribution is 0.283. The molecular weight excluding hydrogens is 465 g/mol. The van der Waals surface area contributed by atoms with Gasteiger partial charge in [-0.05, 0) is 50.8 Å². The lowest BCUT2D eigenvalue weighted by Gasteiger charge is -2.18. The molecule has 2 aromatic carbocycles. The van der Waals surface area contributed by atoms with Gasteiger partial charge in [0.25, 0.3) is 0 Å². The molecule has 3 rings (SSSR count). The van der Waals surface area contributed by atoms with E-state index in [2.05, 4.69) is 27.2 Å². The molecule has 0 amide bonds. The number of nitrogens with zero attached hydrogens (tertiary/aromatic N) is 3. The average molecular weight is 495 g/mol. The Morgan fingerprint density at radius 3 is 2.64 bits per heavy atom. The van der Waals surface area contributed by atoms with E-state index in [4.69, 9.17) is 10.5 Å². The number of para-hydroxylation sites is 1. The summed E-state index contributed by atoms with van der Waals surface area (Å²) in [4.78, 5) is 9.30. The summed E-state index contributed by atoms with van der Waals surface area (Å²) in [6.07, 6.45) is 1.21. The van der Waals surface area contributed by atoms with Crippen LogP contribution in [0.1, 0.15) is 6.42 Å². The Hall–Kier alpha value is -1.84. The van der Waals surface area contributed by atoms with E-state index in [1.165, 1.54) is 13.0 Å². The average Bonchev–Trinajstić information content (AvgIpc) is 2.87. The van der Waals surface area contributed by atoms with Crippen LogP contribution in [-0.4, -0.2) is 62.1 Å². The van der Waals surface area contributed by atoms with Crippen molar-refractivity contribution in [3.63, 3.8) is 0 Å². The van der Waals surface area contributed by atoms with Crippen molar-refractivity contribution in [1.29, 1.82) is 0 Å². The summed E-state index contributed by atoms with van der Waals surface area (Å²) in [5.74, 6) is 1.99. The quantitative estimate of drug-likeness (QED) is 0.365. The third-order valence-electron chi connectivity index (χ3n) is 4.60. The van der Waals surface area contributed by atoms with Gasteiger partial charge in [0, 0.05) is 31.4 Å². The van der Waals surface area contributed by atoms with Crippen LogP contribution in [0.25, 0.3) is 0 Å². The number of halogens is 1. The van der Waals surface area contributed by atoms with Crippen LogP contribution in [0.4, 0.5) is 5.69 Å². The van der Waals surface area contributed by atoms with Gasteiger partial charge in [-0.3, -0.25) is 4.99 Å². The van der Waals surface area contributed by atoms with Gasteiger partial charge in [0.2, 0.25) is 0 Å². The van der Waals surface area contributed by atoms with Gasteiger partial charge in [0.15, 0.2) is 5.96 Å². The number of anilines is 1. The van der Waals surface area contributed by atoms with Crippen LogP contribution in [0.15, 0.2) is 59.6 Å². The Labute approximate surface area is 184 Å². The number of guanidine groups is 1. The number of benzene rings is 2. The van der Waals surface area contributed by atoms with Crippen molar-refractivity contribution >= 4 is 35.6 Å². The zero-order valence-corrected chi connectivity index (χ0v) is 18.7. The lowest BCUT2D eigenvalue weighted by Crippen LogP contribution is -2.32. The smallest absolute Gasteiger partial charge is 0.193 e. The van der Waals surface area contributed by atoms with Gasteiger partial charge in [-0.25, -0.2) is 0 Å². The number of nitrogens with one attached hydrogen (secondary N) is 1. The molecule has 28 heavy (non-hydrogen) atoms. The molecule has 1 saturated heterocycles. The molecule has 0 bridgehead atoms. The fraction of sp³-hybridized carbons (Fsp3) is 0.381. The molecule has 1 heterocycles. The van der Waals surface area contributed by atoms with Crippen molar-refractivity contribution in [3.05, 3.63) is 54.6 Å². The van der Waals surface area contributed by atoms with E-state index in [9.17, 15) is 0 Å². The van der Waals surface area contributed by atoms with Gasteiger partial charge < -0.3 is 25.6 Å². The second-order valence-electron chi connectivity index (χ2n) is 6.83. The molecular formula is C21H30IN5O. The van der Waals surface area contributed by atoms with Crippen LogP contribution in [0.5, 0.6) is 11.5 Å². The first-order valence-corrected chi connectivity index (χ1v) is 9.50. The molecule has 1 aliphatic rings. The van der Waals surface area contributed by atoms with E-state index in [1.54, 1.807) is 0 Å². The number of hydrogen-bond donors (Lipinski definition) is 2. The predicted molar refractivity (Wildman–Crippen MR) is 127 cm³/mol. The molecule has 0 atom stereocenters. The summed E-state index contributed by atoms with van der Waals surface area (Å²) in [5, 5.41) is 3.15. The van der Waals surface area contributed by atoms with E-state index in [-0.39, 0.29) is 24.0 Å². The molecule has 1 aliphatic heterocycles. The predicted octanol–water partition coefficient (Wildman–Crippen LogP) is 3.46. The molecule has 0 aliphatic carbocycles. The topological polar surface area (TPSA) is 66.1 Å². The molecule has 0 unspecified atom stereocenters. The van der Waals surface area contributed by atoms with Crippen LogP contribution in [0.3, 0.4) is 0 Å². The first-order chi connectivity index (χ1) is 13.2. The van der Waals surface area contributed by atoms with Crippen LogP contribution >= 0.6 is 24.0 Å². The Morgan fingerprint density at radius 1 is 1.04 bits per heavy atom. The molecule has 3 N–H and O–H groups in total. The minimum Gasteiger partial charge on any atom is -0.457 e. The SMILES string of the molecule is CN1CCCN(CCN=C(N)Nc2cccc(Oc3ccccc3)c2)CC1.I. The molecule has 0 radical (unpaired) electrons. The maximum Gasteiger partial charge on any atom is 0.193 e. The van der Waals surface area contributed by atoms with E-state index < -0.39 is 0 Å². The largest absolute Gasteiger partial charge is 0.457 e. The van der Waals surface area contributed by atoms with Crippen LogP contribution in [-0.2, 0) is 0 Å². The minimum absolute atomic E-state index is 0. The van der Waals surface area contributed by atoms with Crippen molar-refractivity contribution in [2.45, 2.75) is 6.42 Å². The summed E-state index contributed by atoms with van der Waals surface area (Å²) in [6, 6.07) is 17.4. The molecule has 7 heteroatoms. The fourth-order valence-corrected chi connectivity index (χ4v) is 3.08. The van der Waals surface area contributed by atoms with Gasteiger partial charge >= 0.3 is 0 Å². The van der Waals surface area contributed by atoms with E-state index in [0.717, 1.165) is 43.4 Å². The van der Waals surface area contributed by atoms with E-state index in [0.29, 0.717) is 12.5 Å². The summed E-state index contributed by atoms with van der Waals surface area (Å²) in [6.45, 7) is 6.15. The summed E-state index contributed by atoms with van der Waals surface area (Å²) in [5.41, 5.74) is 6.91. The Balaban J connectivity index is 0.00000280. The zero-order chi connectivity index (χ0) is 18.9. The number of likely N-dealkylation sites (N-methyl/N-ethyl adjacent to an activating group) is 1. The van der Waals surface area contributed by atoms with Gasteiger partial charge in [0.05, 0.1) is 6.54 Å². The monoisotopic (exact) mass is 495 g/mol. The Morgan fingerprint density at radius 2 is 1.82 bits per heavy atom. The van der Waals surface area contributed by atoms with Crippen molar-refractivity contribution in [1.82, 2.24) is 9.80 Å².